The van der Waals surface area contributed by atoms with E-state index in [0.29, 0.717) is 11.1 Å². The Morgan fingerprint density at radius 2 is 1.87 bits per heavy atom. The van der Waals surface area contributed by atoms with Crippen LogP contribution >= 0.6 is 0 Å². The molecule has 2 aromatic rings. The van der Waals surface area contributed by atoms with Gasteiger partial charge in [-0.1, -0.05) is 30.3 Å². The van der Waals surface area contributed by atoms with Gasteiger partial charge < -0.3 is 5.11 Å². The zero-order valence-electron chi connectivity index (χ0n) is 12.9. The zero-order chi connectivity index (χ0) is 17.0. The van der Waals surface area contributed by atoms with E-state index in [1.54, 1.807) is 31.2 Å². The second kappa shape index (κ2) is 6.92. The number of nitrogens with zero attached hydrogens (tertiary/aromatic N) is 1. The monoisotopic (exact) mass is 330 g/mol. The van der Waals surface area contributed by atoms with Crippen LogP contribution in [-0.2, 0) is 10.0 Å². The lowest BCUT2D eigenvalue weighted by Crippen LogP contribution is -2.29. The largest absolute Gasteiger partial charge is 0.387 e. The molecule has 2 rings (SSSR count). The summed E-state index contributed by atoms with van der Waals surface area (Å²) < 4.78 is 27.2. The molecule has 0 spiro atoms. The molecule has 0 amide bonds. The third kappa shape index (κ3) is 3.96. The van der Waals surface area contributed by atoms with Crippen molar-refractivity contribution in [3.63, 3.8) is 0 Å². The molecule has 0 aliphatic rings. The van der Waals surface area contributed by atoms with E-state index in [1.807, 2.05) is 25.1 Å². The minimum Gasteiger partial charge on any atom is -0.387 e. The molecule has 120 valence electrons. The van der Waals surface area contributed by atoms with Crippen molar-refractivity contribution in [2.45, 2.75) is 24.8 Å². The van der Waals surface area contributed by atoms with E-state index in [2.05, 4.69) is 4.72 Å². The van der Waals surface area contributed by atoms with E-state index in [4.69, 9.17) is 5.26 Å². The van der Waals surface area contributed by atoms with Crippen LogP contribution < -0.4 is 4.72 Å². The maximum Gasteiger partial charge on any atom is 0.240 e. The van der Waals surface area contributed by atoms with Crippen LogP contribution in [0.2, 0.25) is 0 Å². The minimum atomic E-state index is -3.80. The fraction of sp³-hybridized carbons (Fsp3) is 0.235. The van der Waals surface area contributed by atoms with Crippen LogP contribution in [0.1, 0.15) is 28.4 Å². The fourth-order valence-electron chi connectivity index (χ4n) is 2.30. The molecule has 0 bridgehead atoms. The van der Waals surface area contributed by atoms with Crippen LogP contribution in [0.5, 0.6) is 0 Å². The summed E-state index contributed by atoms with van der Waals surface area (Å²) in [5, 5.41) is 19.1. The number of benzene rings is 2. The van der Waals surface area contributed by atoms with E-state index in [0.717, 1.165) is 5.56 Å². The number of aliphatic hydroxyl groups excluding tert-OH is 1. The summed E-state index contributed by atoms with van der Waals surface area (Å²) in [6.45, 7) is 3.38. The summed E-state index contributed by atoms with van der Waals surface area (Å²) >= 11 is 0. The quantitative estimate of drug-likeness (QED) is 0.879. The van der Waals surface area contributed by atoms with Gasteiger partial charge in [-0.3, -0.25) is 0 Å². The molecular weight excluding hydrogens is 312 g/mol. The lowest BCUT2D eigenvalue weighted by Gasteiger charge is -2.15. The summed E-state index contributed by atoms with van der Waals surface area (Å²) in [5.74, 6) is 0. The molecule has 2 aromatic carbocycles. The molecule has 0 fully saturated rings. The van der Waals surface area contributed by atoms with Gasteiger partial charge in [0.2, 0.25) is 10.0 Å². The topological polar surface area (TPSA) is 90.2 Å². The van der Waals surface area contributed by atoms with Crippen molar-refractivity contribution in [2.24, 2.45) is 0 Å². The van der Waals surface area contributed by atoms with Crippen molar-refractivity contribution in [2.75, 3.05) is 6.54 Å². The van der Waals surface area contributed by atoms with Crippen molar-refractivity contribution in [3.05, 3.63) is 64.7 Å². The predicted octanol–water partition coefficient (Wildman–Crippen LogP) is 2.19. The Labute approximate surface area is 136 Å². The summed E-state index contributed by atoms with van der Waals surface area (Å²) in [7, 11) is -3.80. The molecule has 0 radical (unpaired) electrons. The van der Waals surface area contributed by atoms with Crippen LogP contribution in [0.3, 0.4) is 0 Å². The van der Waals surface area contributed by atoms with Crippen LogP contribution in [0.4, 0.5) is 0 Å². The smallest absolute Gasteiger partial charge is 0.240 e. The van der Waals surface area contributed by atoms with E-state index in [-0.39, 0.29) is 17.0 Å². The Hall–Kier alpha value is -2.20. The Balaban J connectivity index is 2.20. The minimum absolute atomic E-state index is 0.0496. The molecular formula is C17H18N2O3S. The first-order valence-electron chi connectivity index (χ1n) is 7.09. The van der Waals surface area contributed by atoms with Crippen LogP contribution in [0.15, 0.2) is 47.4 Å². The van der Waals surface area contributed by atoms with Crippen LogP contribution in [-0.4, -0.2) is 20.1 Å². The molecule has 0 unspecified atom stereocenters. The van der Waals surface area contributed by atoms with Gasteiger partial charge in [-0.2, -0.15) is 5.26 Å². The van der Waals surface area contributed by atoms with E-state index >= 15 is 0 Å². The second-order valence-corrected chi connectivity index (χ2v) is 7.05. The summed E-state index contributed by atoms with van der Waals surface area (Å²) in [6, 6.07) is 13.7. The molecule has 0 aromatic heterocycles. The van der Waals surface area contributed by atoms with E-state index in [9.17, 15) is 13.5 Å². The highest BCUT2D eigenvalue weighted by molar-refractivity contribution is 7.89. The second-order valence-electron chi connectivity index (χ2n) is 5.32. The van der Waals surface area contributed by atoms with Gasteiger partial charge in [0.15, 0.2) is 0 Å². The molecule has 0 saturated carbocycles. The number of nitrogens with one attached hydrogen (secondary N) is 1. The average Bonchev–Trinajstić information content (AvgIpc) is 2.53. The van der Waals surface area contributed by atoms with Crippen LogP contribution in [0.25, 0.3) is 0 Å². The van der Waals surface area contributed by atoms with Gasteiger partial charge >= 0.3 is 0 Å². The van der Waals surface area contributed by atoms with Gasteiger partial charge in [0, 0.05) is 6.54 Å². The molecule has 0 saturated heterocycles. The van der Waals surface area contributed by atoms with Gasteiger partial charge in [0.1, 0.15) is 0 Å². The van der Waals surface area contributed by atoms with Crippen molar-refractivity contribution < 1.29 is 13.5 Å². The molecule has 1 atom stereocenters. The first-order chi connectivity index (χ1) is 10.8. The zero-order valence-corrected chi connectivity index (χ0v) is 13.8. The number of nitriles is 1. The molecule has 2 N–H and O–H groups in total. The summed E-state index contributed by atoms with van der Waals surface area (Å²) in [5.41, 5.74) is 2.39. The average molecular weight is 330 g/mol. The standard InChI is InChI=1S/C17H18N2O3S/c1-12-5-3-4-6-15(12)16(20)11-19-23(21,22)17-9-14(10-18)8-7-13(17)2/h3-9,16,19-20H,11H2,1-2H3/t16-/m0/s1. The number of hydrogen-bond acceptors (Lipinski definition) is 4. The molecule has 5 nitrogen and oxygen atoms in total. The highest BCUT2D eigenvalue weighted by atomic mass is 32.2. The van der Waals surface area contributed by atoms with Crippen molar-refractivity contribution >= 4 is 10.0 Å². The number of aliphatic hydroxyl groups is 1. The Morgan fingerprint density at radius 1 is 1.17 bits per heavy atom. The number of aryl methyl sites for hydroxylation is 2. The number of rotatable bonds is 5. The normalized spacial score (nSPS) is 12.6. The highest BCUT2D eigenvalue weighted by Crippen LogP contribution is 2.19. The highest BCUT2D eigenvalue weighted by Gasteiger charge is 2.20. The lowest BCUT2D eigenvalue weighted by molar-refractivity contribution is 0.181. The first-order valence-corrected chi connectivity index (χ1v) is 8.57. The van der Waals surface area contributed by atoms with E-state index in [1.165, 1.54) is 6.07 Å². The Morgan fingerprint density at radius 3 is 2.52 bits per heavy atom. The Bertz CT molecular complexity index is 854. The summed E-state index contributed by atoms with van der Waals surface area (Å²) in [6.07, 6.45) is -0.939. The van der Waals surface area contributed by atoms with Gasteiger partial charge in [-0.05, 0) is 42.7 Å². The fourth-order valence-corrected chi connectivity index (χ4v) is 3.60. The van der Waals surface area contributed by atoms with Gasteiger partial charge in [-0.15, -0.1) is 0 Å². The van der Waals surface area contributed by atoms with Gasteiger partial charge in [0.05, 0.1) is 22.6 Å². The third-order valence-corrected chi connectivity index (χ3v) is 5.19. The van der Waals surface area contributed by atoms with Crippen molar-refractivity contribution in [1.29, 1.82) is 5.26 Å². The first kappa shape index (κ1) is 17.2. The molecule has 0 heterocycles. The maximum absolute atomic E-state index is 12.4. The molecule has 0 aliphatic heterocycles. The number of sulfonamides is 1. The molecule has 0 aliphatic carbocycles. The number of hydrogen-bond donors (Lipinski definition) is 2. The third-order valence-electron chi connectivity index (χ3n) is 3.62. The lowest BCUT2D eigenvalue weighted by atomic mass is 10.0. The Kier molecular flexibility index (Phi) is 5.16. The van der Waals surface area contributed by atoms with Crippen molar-refractivity contribution in [3.8, 4) is 6.07 Å². The van der Waals surface area contributed by atoms with E-state index < -0.39 is 16.1 Å². The predicted molar refractivity (Wildman–Crippen MR) is 87.2 cm³/mol. The summed E-state index contributed by atoms with van der Waals surface area (Å²) in [4.78, 5) is 0.0496. The molecule has 6 heteroatoms. The van der Waals surface area contributed by atoms with Crippen LogP contribution in [0, 0.1) is 25.2 Å². The van der Waals surface area contributed by atoms with Gasteiger partial charge in [-0.25, -0.2) is 13.1 Å². The SMILES string of the molecule is Cc1ccccc1[C@@H](O)CNS(=O)(=O)c1cc(C#N)ccc1C. The van der Waals surface area contributed by atoms with Crippen molar-refractivity contribution in [1.82, 2.24) is 4.72 Å². The molecule has 23 heavy (non-hydrogen) atoms. The maximum atomic E-state index is 12.4. The van der Waals surface area contributed by atoms with Gasteiger partial charge in [0.25, 0.3) is 0 Å².